The van der Waals surface area contributed by atoms with Crippen molar-refractivity contribution in [3.8, 4) is 0 Å². The highest BCUT2D eigenvalue weighted by molar-refractivity contribution is 7.98. The summed E-state index contributed by atoms with van der Waals surface area (Å²) in [5.41, 5.74) is 6.82. The van der Waals surface area contributed by atoms with Gasteiger partial charge in [-0.2, -0.15) is 16.9 Å². The zero-order valence-electron chi connectivity index (χ0n) is 14.1. The van der Waals surface area contributed by atoms with Crippen LogP contribution in [0.4, 0.5) is 5.82 Å². The molecule has 0 aliphatic carbocycles. The van der Waals surface area contributed by atoms with Crippen molar-refractivity contribution in [3.05, 3.63) is 12.5 Å². The molecule has 3 heterocycles. The Balaban J connectivity index is 1.65. The molecule has 0 saturated carbocycles. The van der Waals surface area contributed by atoms with E-state index in [0.29, 0.717) is 13.1 Å². The maximum Gasteiger partial charge on any atom is 0.239 e. The monoisotopic (exact) mass is 349 g/mol. The highest BCUT2D eigenvalue weighted by Crippen LogP contribution is 2.23. The molecule has 1 saturated heterocycles. The van der Waals surface area contributed by atoms with E-state index in [1.54, 1.807) is 29.0 Å². The number of nitrogens with two attached hydrogens (primary N) is 1. The molecule has 1 unspecified atom stereocenters. The number of fused-ring (bicyclic) bond motifs is 1. The van der Waals surface area contributed by atoms with E-state index in [0.717, 1.165) is 42.1 Å². The molecule has 1 aliphatic rings. The smallest absolute Gasteiger partial charge is 0.239 e. The summed E-state index contributed by atoms with van der Waals surface area (Å²) in [6.45, 7) is 2.80. The van der Waals surface area contributed by atoms with Gasteiger partial charge in [0.15, 0.2) is 5.65 Å². The quantitative estimate of drug-likeness (QED) is 0.818. The van der Waals surface area contributed by atoms with E-state index < -0.39 is 6.04 Å². The van der Waals surface area contributed by atoms with Gasteiger partial charge in [-0.25, -0.2) is 9.97 Å². The number of amides is 1. The van der Waals surface area contributed by atoms with Crippen LogP contribution >= 0.6 is 11.8 Å². The first-order chi connectivity index (χ1) is 11.6. The number of aromatic nitrogens is 4. The number of hydrogen-bond donors (Lipinski definition) is 1. The molecule has 3 rings (SSSR count). The number of rotatable bonds is 5. The molecule has 1 fully saturated rings. The number of aryl methyl sites for hydroxylation is 1. The van der Waals surface area contributed by atoms with Gasteiger partial charge in [0, 0.05) is 33.2 Å². The number of anilines is 1. The molecule has 1 atom stereocenters. The molecule has 9 heteroatoms. The van der Waals surface area contributed by atoms with Crippen molar-refractivity contribution >= 4 is 34.5 Å². The lowest BCUT2D eigenvalue weighted by molar-refractivity contribution is -0.132. The second-order valence-corrected chi connectivity index (χ2v) is 6.89. The fraction of sp³-hybridized carbons (Fsp3) is 0.600. The number of nitrogens with zero attached hydrogens (tertiary/aromatic N) is 6. The lowest BCUT2D eigenvalue weighted by Crippen LogP contribution is -2.53. The van der Waals surface area contributed by atoms with E-state index in [4.69, 9.17) is 5.73 Å². The van der Waals surface area contributed by atoms with Crippen molar-refractivity contribution in [3.63, 3.8) is 0 Å². The van der Waals surface area contributed by atoms with Gasteiger partial charge in [-0.05, 0) is 18.4 Å². The normalized spacial score (nSPS) is 16.6. The summed E-state index contributed by atoms with van der Waals surface area (Å²) in [6.07, 6.45) is 6.11. The van der Waals surface area contributed by atoms with E-state index >= 15 is 0 Å². The summed E-state index contributed by atoms with van der Waals surface area (Å²) in [7, 11) is 1.87. The molecule has 0 aromatic carbocycles. The average Bonchev–Trinajstić information content (AvgIpc) is 3.00. The average molecular weight is 349 g/mol. The van der Waals surface area contributed by atoms with Crippen LogP contribution in [-0.4, -0.2) is 74.8 Å². The summed E-state index contributed by atoms with van der Waals surface area (Å²) in [4.78, 5) is 25.1. The van der Waals surface area contributed by atoms with Crippen molar-refractivity contribution in [2.75, 3.05) is 43.1 Å². The molecule has 2 aromatic rings. The van der Waals surface area contributed by atoms with E-state index in [1.165, 1.54) is 0 Å². The summed E-state index contributed by atoms with van der Waals surface area (Å²) in [5.74, 6) is 1.84. The summed E-state index contributed by atoms with van der Waals surface area (Å²) < 4.78 is 1.74. The summed E-state index contributed by atoms with van der Waals surface area (Å²) in [5, 5.41) is 5.19. The molecule has 1 aliphatic heterocycles. The second kappa shape index (κ2) is 7.35. The predicted molar refractivity (Wildman–Crippen MR) is 96.1 cm³/mol. The van der Waals surface area contributed by atoms with Crippen molar-refractivity contribution in [1.29, 1.82) is 0 Å². The Morgan fingerprint density at radius 2 is 2.08 bits per heavy atom. The maximum atomic E-state index is 12.4. The van der Waals surface area contributed by atoms with Gasteiger partial charge in [0.2, 0.25) is 5.91 Å². The Morgan fingerprint density at radius 1 is 1.33 bits per heavy atom. The van der Waals surface area contributed by atoms with Gasteiger partial charge < -0.3 is 15.5 Å². The molecule has 2 N–H and O–H groups in total. The summed E-state index contributed by atoms with van der Waals surface area (Å²) in [6, 6.07) is -0.395. The van der Waals surface area contributed by atoms with Gasteiger partial charge in [-0.3, -0.25) is 9.48 Å². The fourth-order valence-electron chi connectivity index (χ4n) is 2.94. The van der Waals surface area contributed by atoms with Crippen LogP contribution in [0.3, 0.4) is 0 Å². The van der Waals surface area contributed by atoms with Crippen LogP contribution < -0.4 is 10.6 Å². The largest absolute Gasteiger partial charge is 0.352 e. The van der Waals surface area contributed by atoms with Crippen molar-refractivity contribution in [1.82, 2.24) is 24.6 Å². The minimum absolute atomic E-state index is 0.0536. The first-order valence-electron chi connectivity index (χ1n) is 8.02. The molecule has 8 nitrogen and oxygen atoms in total. The molecule has 0 radical (unpaired) electrons. The SMILES string of the molecule is CSCCC(N)C(=O)N1CCN(c2ncnc3c2cnn3C)CC1. The van der Waals surface area contributed by atoms with Crippen LogP contribution in [0.15, 0.2) is 12.5 Å². The number of thioether (sulfide) groups is 1. The van der Waals surface area contributed by atoms with Crippen LogP contribution in [0.25, 0.3) is 11.0 Å². The minimum Gasteiger partial charge on any atom is -0.352 e. The zero-order chi connectivity index (χ0) is 17.1. The van der Waals surface area contributed by atoms with E-state index in [2.05, 4.69) is 20.0 Å². The molecule has 2 aromatic heterocycles. The third-order valence-electron chi connectivity index (χ3n) is 4.35. The molecule has 24 heavy (non-hydrogen) atoms. The first kappa shape index (κ1) is 17.0. The Hall–Kier alpha value is -1.87. The molecule has 0 bridgehead atoms. The van der Waals surface area contributed by atoms with Crippen LogP contribution in [-0.2, 0) is 11.8 Å². The summed E-state index contributed by atoms with van der Waals surface area (Å²) >= 11 is 1.71. The van der Waals surface area contributed by atoms with Gasteiger partial charge in [0.05, 0.1) is 17.6 Å². The number of carbonyl (C=O) groups is 1. The highest BCUT2D eigenvalue weighted by Gasteiger charge is 2.26. The maximum absolute atomic E-state index is 12.4. The molecular formula is C15H23N7OS. The predicted octanol–water partition coefficient (Wildman–Crippen LogP) is 0.0923. The number of piperazine rings is 1. The Morgan fingerprint density at radius 3 is 2.79 bits per heavy atom. The molecular weight excluding hydrogens is 326 g/mol. The van der Waals surface area contributed by atoms with E-state index in [1.807, 2.05) is 18.2 Å². The third-order valence-corrected chi connectivity index (χ3v) is 4.99. The van der Waals surface area contributed by atoms with Crippen LogP contribution in [0.5, 0.6) is 0 Å². The third kappa shape index (κ3) is 3.32. The zero-order valence-corrected chi connectivity index (χ0v) is 14.9. The van der Waals surface area contributed by atoms with Gasteiger partial charge in [0.25, 0.3) is 0 Å². The van der Waals surface area contributed by atoms with Crippen LogP contribution in [0, 0.1) is 0 Å². The minimum atomic E-state index is -0.395. The van der Waals surface area contributed by atoms with Crippen molar-refractivity contribution in [2.24, 2.45) is 12.8 Å². The molecule has 1 amide bonds. The molecule has 130 valence electrons. The van der Waals surface area contributed by atoms with Gasteiger partial charge in [-0.15, -0.1) is 0 Å². The van der Waals surface area contributed by atoms with Gasteiger partial charge >= 0.3 is 0 Å². The standard InChI is InChI=1S/C15H23N7OS/c1-20-13-11(9-19-20)14(18-10-17-13)21-4-6-22(7-5-21)15(23)12(16)3-8-24-2/h9-10,12H,3-8,16H2,1-2H3. The van der Waals surface area contributed by atoms with Crippen LogP contribution in [0.1, 0.15) is 6.42 Å². The topological polar surface area (TPSA) is 93.2 Å². The van der Waals surface area contributed by atoms with Crippen LogP contribution in [0.2, 0.25) is 0 Å². The number of hydrogen-bond acceptors (Lipinski definition) is 7. The fourth-order valence-corrected chi connectivity index (χ4v) is 3.43. The highest BCUT2D eigenvalue weighted by atomic mass is 32.2. The lowest BCUT2D eigenvalue weighted by atomic mass is 10.2. The first-order valence-corrected chi connectivity index (χ1v) is 9.42. The van der Waals surface area contributed by atoms with E-state index in [-0.39, 0.29) is 5.91 Å². The van der Waals surface area contributed by atoms with Gasteiger partial charge in [0.1, 0.15) is 12.1 Å². The van der Waals surface area contributed by atoms with E-state index in [9.17, 15) is 4.79 Å². The Kier molecular flexibility index (Phi) is 5.20. The van der Waals surface area contributed by atoms with Crippen molar-refractivity contribution in [2.45, 2.75) is 12.5 Å². The molecule has 0 spiro atoms. The van der Waals surface area contributed by atoms with Gasteiger partial charge in [-0.1, -0.05) is 0 Å². The lowest BCUT2D eigenvalue weighted by Gasteiger charge is -2.36. The Bertz CT molecular complexity index is 711. The van der Waals surface area contributed by atoms with Crippen molar-refractivity contribution < 1.29 is 4.79 Å². The number of carbonyl (C=O) groups excluding carboxylic acids is 1. The Labute approximate surface area is 145 Å². The second-order valence-electron chi connectivity index (χ2n) is 5.90.